The predicted molar refractivity (Wildman–Crippen MR) is 68.1 cm³/mol. The average molecular weight is 211 g/mol. The first-order valence-electron chi connectivity index (χ1n) is 6.89. The molecule has 1 N–H and O–H groups in total. The van der Waals surface area contributed by atoms with Crippen LogP contribution >= 0.6 is 0 Å². The molecule has 0 aromatic heterocycles. The molecule has 2 unspecified atom stereocenters. The van der Waals surface area contributed by atoms with Crippen molar-refractivity contribution in [2.24, 2.45) is 11.3 Å². The van der Waals surface area contributed by atoms with Gasteiger partial charge in [0.15, 0.2) is 0 Å². The van der Waals surface area contributed by atoms with E-state index in [0.717, 1.165) is 12.0 Å². The van der Waals surface area contributed by atoms with Crippen LogP contribution in [0, 0.1) is 11.3 Å². The third kappa shape index (κ3) is 4.14. The van der Waals surface area contributed by atoms with E-state index in [0.29, 0.717) is 5.41 Å². The highest BCUT2D eigenvalue weighted by atomic mass is 14.9. The lowest BCUT2D eigenvalue weighted by Crippen LogP contribution is -2.34. The quantitative estimate of drug-likeness (QED) is 0.640. The summed E-state index contributed by atoms with van der Waals surface area (Å²) in [6, 6.07) is 0.754. The molecule has 1 rings (SSSR count). The first kappa shape index (κ1) is 13.0. The largest absolute Gasteiger partial charge is 0.313 e. The summed E-state index contributed by atoms with van der Waals surface area (Å²) in [5, 5.41) is 3.79. The maximum Gasteiger partial charge on any atom is 0.00672 e. The second-order valence-corrected chi connectivity index (χ2v) is 5.59. The van der Waals surface area contributed by atoms with Crippen molar-refractivity contribution in [1.29, 1.82) is 0 Å². The highest BCUT2D eigenvalue weighted by molar-refractivity contribution is 4.94. The standard InChI is InChI=1S/C14H29N/c1-5-12(4)10-13(6-2)15-11-14(7-3)8-9-14/h12-13,15H,5-11H2,1-4H3. The van der Waals surface area contributed by atoms with E-state index in [2.05, 4.69) is 33.0 Å². The first-order chi connectivity index (χ1) is 7.15. The van der Waals surface area contributed by atoms with E-state index >= 15 is 0 Å². The van der Waals surface area contributed by atoms with E-state index in [1.807, 2.05) is 0 Å². The summed E-state index contributed by atoms with van der Waals surface area (Å²) < 4.78 is 0. The Bertz CT molecular complexity index is 172. The lowest BCUT2D eigenvalue weighted by atomic mass is 9.96. The van der Waals surface area contributed by atoms with Crippen LogP contribution in [0.1, 0.15) is 66.2 Å². The van der Waals surface area contributed by atoms with Gasteiger partial charge in [0.1, 0.15) is 0 Å². The van der Waals surface area contributed by atoms with Gasteiger partial charge in [0.25, 0.3) is 0 Å². The molecule has 0 aliphatic heterocycles. The second-order valence-electron chi connectivity index (χ2n) is 5.59. The molecule has 0 radical (unpaired) electrons. The molecule has 1 aliphatic carbocycles. The number of hydrogen-bond acceptors (Lipinski definition) is 1. The SMILES string of the molecule is CCC(C)CC(CC)NCC1(CC)CC1. The number of hydrogen-bond donors (Lipinski definition) is 1. The fraction of sp³-hybridized carbons (Fsp3) is 1.00. The molecule has 0 bridgehead atoms. The third-order valence-electron chi connectivity index (χ3n) is 4.35. The van der Waals surface area contributed by atoms with Gasteiger partial charge in [-0.05, 0) is 43.4 Å². The fourth-order valence-electron chi connectivity index (χ4n) is 2.24. The Kier molecular flexibility index (Phi) is 5.11. The summed E-state index contributed by atoms with van der Waals surface area (Å²) in [5.74, 6) is 0.874. The Morgan fingerprint density at radius 1 is 1.13 bits per heavy atom. The zero-order valence-electron chi connectivity index (χ0n) is 11.1. The van der Waals surface area contributed by atoms with Crippen LogP contribution in [0.25, 0.3) is 0 Å². The molecule has 0 spiro atoms. The zero-order chi connectivity index (χ0) is 11.3. The van der Waals surface area contributed by atoms with Crippen molar-refractivity contribution in [2.45, 2.75) is 72.3 Å². The van der Waals surface area contributed by atoms with Gasteiger partial charge < -0.3 is 5.32 Å². The summed E-state index contributed by atoms with van der Waals surface area (Å²) in [6.45, 7) is 10.6. The van der Waals surface area contributed by atoms with Crippen molar-refractivity contribution in [3.63, 3.8) is 0 Å². The van der Waals surface area contributed by atoms with E-state index < -0.39 is 0 Å². The van der Waals surface area contributed by atoms with Gasteiger partial charge in [0.05, 0.1) is 0 Å². The van der Waals surface area contributed by atoms with E-state index in [4.69, 9.17) is 0 Å². The van der Waals surface area contributed by atoms with E-state index in [1.54, 1.807) is 0 Å². The molecule has 90 valence electrons. The van der Waals surface area contributed by atoms with Gasteiger partial charge in [-0.15, -0.1) is 0 Å². The minimum Gasteiger partial charge on any atom is -0.313 e. The van der Waals surface area contributed by atoms with Crippen LogP contribution in [0.2, 0.25) is 0 Å². The lowest BCUT2D eigenvalue weighted by molar-refractivity contribution is 0.344. The Balaban J connectivity index is 2.21. The molecule has 0 heterocycles. The molecule has 1 heteroatoms. The van der Waals surface area contributed by atoms with Crippen LogP contribution < -0.4 is 5.32 Å². The van der Waals surface area contributed by atoms with Gasteiger partial charge in [-0.3, -0.25) is 0 Å². The van der Waals surface area contributed by atoms with Gasteiger partial charge in [0, 0.05) is 12.6 Å². The molecule has 1 fully saturated rings. The topological polar surface area (TPSA) is 12.0 Å². The van der Waals surface area contributed by atoms with Crippen LogP contribution in [-0.4, -0.2) is 12.6 Å². The van der Waals surface area contributed by atoms with Crippen LogP contribution in [0.4, 0.5) is 0 Å². The molecule has 2 atom stereocenters. The Morgan fingerprint density at radius 3 is 2.20 bits per heavy atom. The molecule has 0 aromatic carbocycles. The summed E-state index contributed by atoms with van der Waals surface area (Å²) in [7, 11) is 0. The average Bonchev–Trinajstić information content (AvgIpc) is 3.04. The van der Waals surface area contributed by atoms with Crippen molar-refractivity contribution >= 4 is 0 Å². The predicted octanol–water partition coefficient (Wildman–Crippen LogP) is 3.98. The van der Waals surface area contributed by atoms with Crippen LogP contribution in [0.5, 0.6) is 0 Å². The Labute approximate surface area is 96.0 Å². The lowest BCUT2D eigenvalue weighted by Gasteiger charge is -2.23. The number of nitrogens with one attached hydrogen (secondary N) is 1. The molecule has 0 amide bonds. The summed E-state index contributed by atoms with van der Waals surface area (Å²) in [6.07, 6.45) is 8.22. The van der Waals surface area contributed by atoms with Crippen LogP contribution in [-0.2, 0) is 0 Å². The maximum absolute atomic E-state index is 3.79. The Hall–Kier alpha value is -0.0400. The highest BCUT2D eigenvalue weighted by Gasteiger charge is 2.40. The molecule has 0 saturated heterocycles. The van der Waals surface area contributed by atoms with Crippen molar-refractivity contribution in [3.8, 4) is 0 Å². The monoisotopic (exact) mass is 211 g/mol. The van der Waals surface area contributed by atoms with Crippen LogP contribution in [0.15, 0.2) is 0 Å². The second kappa shape index (κ2) is 5.89. The van der Waals surface area contributed by atoms with Gasteiger partial charge >= 0.3 is 0 Å². The van der Waals surface area contributed by atoms with E-state index in [-0.39, 0.29) is 0 Å². The minimum absolute atomic E-state index is 0.697. The molecule has 1 nitrogen and oxygen atoms in total. The normalized spacial score (nSPS) is 22.4. The minimum atomic E-state index is 0.697. The third-order valence-corrected chi connectivity index (χ3v) is 4.35. The van der Waals surface area contributed by atoms with Crippen molar-refractivity contribution in [2.75, 3.05) is 6.54 Å². The summed E-state index contributed by atoms with van der Waals surface area (Å²) in [5.41, 5.74) is 0.697. The fourth-order valence-corrected chi connectivity index (χ4v) is 2.24. The van der Waals surface area contributed by atoms with Gasteiger partial charge in [-0.1, -0.05) is 34.1 Å². The molecule has 1 saturated carbocycles. The molecule has 0 aromatic rings. The van der Waals surface area contributed by atoms with E-state index in [1.165, 1.54) is 45.1 Å². The number of rotatable bonds is 8. The zero-order valence-corrected chi connectivity index (χ0v) is 11.1. The smallest absolute Gasteiger partial charge is 0.00672 e. The summed E-state index contributed by atoms with van der Waals surface area (Å²) >= 11 is 0. The molecule has 15 heavy (non-hydrogen) atoms. The first-order valence-corrected chi connectivity index (χ1v) is 6.89. The molecule has 1 aliphatic rings. The van der Waals surface area contributed by atoms with E-state index in [9.17, 15) is 0 Å². The van der Waals surface area contributed by atoms with Crippen molar-refractivity contribution in [1.82, 2.24) is 5.32 Å². The molecular formula is C14H29N. The Morgan fingerprint density at radius 2 is 1.80 bits per heavy atom. The van der Waals surface area contributed by atoms with Crippen molar-refractivity contribution in [3.05, 3.63) is 0 Å². The van der Waals surface area contributed by atoms with Gasteiger partial charge in [-0.2, -0.15) is 0 Å². The van der Waals surface area contributed by atoms with Crippen LogP contribution in [0.3, 0.4) is 0 Å². The van der Waals surface area contributed by atoms with Crippen molar-refractivity contribution < 1.29 is 0 Å². The summed E-state index contributed by atoms with van der Waals surface area (Å²) in [4.78, 5) is 0. The van der Waals surface area contributed by atoms with Gasteiger partial charge in [-0.25, -0.2) is 0 Å². The molecular weight excluding hydrogens is 182 g/mol. The highest BCUT2D eigenvalue weighted by Crippen LogP contribution is 2.48. The van der Waals surface area contributed by atoms with Gasteiger partial charge in [0.2, 0.25) is 0 Å². The maximum atomic E-state index is 3.79.